The van der Waals surface area contributed by atoms with Crippen LogP contribution in [0.5, 0.6) is 12.0 Å². The van der Waals surface area contributed by atoms with Gasteiger partial charge in [0.25, 0.3) is 0 Å². The van der Waals surface area contributed by atoms with Gasteiger partial charge in [0.2, 0.25) is 0 Å². The van der Waals surface area contributed by atoms with Gasteiger partial charge < -0.3 is 9.47 Å². The van der Waals surface area contributed by atoms with E-state index >= 15 is 0 Å². The summed E-state index contributed by atoms with van der Waals surface area (Å²) in [4.78, 5) is 16.2. The van der Waals surface area contributed by atoms with Gasteiger partial charge in [-0.15, -0.1) is 0 Å². The van der Waals surface area contributed by atoms with E-state index in [1.807, 2.05) is 0 Å². The van der Waals surface area contributed by atoms with E-state index in [0.717, 1.165) is 0 Å². The summed E-state index contributed by atoms with van der Waals surface area (Å²) in [6.45, 7) is 0. The van der Waals surface area contributed by atoms with Gasteiger partial charge in [0.15, 0.2) is 0 Å². The average Bonchev–Trinajstić information content (AvgIpc) is 2.39. The Hall–Kier alpha value is -2.24. The third-order valence-corrected chi connectivity index (χ3v) is 1.89. The van der Waals surface area contributed by atoms with Gasteiger partial charge >= 0.3 is 12.0 Å². The maximum absolute atomic E-state index is 4.94. The molecule has 2 aromatic rings. The first kappa shape index (κ1) is 10.3. The second-order valence-electron chi connectivity index (χ2n) is 2.86. The Balaban J connectivity index is 2.41. The van der Waals surface area contributed by atoms with Crippen molar-refractivity contribution in [1.29, 1.82) is 0 Å². The summed E-state index contributed by atoms with van der Waals surface area (Å²) >= 11 is 0. The zero-order valence-electron chi connectivity index (χ0n) is 8.91. The molecule has 0 fully saturated rings. The van der Waals surface area contributed by atoms with Crippen molar-refractivity contribution in [2.24, 2.45) is 0 Å². The average molecular weight is 218 g/mol. The zero-order valence-corrected chi connectivity index (χ0v) is 8.91. The van der Waals surface area contributed by atoms with Crippen molar-refractivity contribution in [1.82, 2.24) is 19.9 Å². The first-order chi connectivity index (χ1) is 7.83. The van der Waals surface area contributed by atoms with Crippen LogP contribution in [0, 0.1) is 0 Å². The molecule has 82 valence electrons. The summed E-state index contributed by atoms with van der Waals surface area (Å²) in [5.74, 6) is 0. The molecular formula is C10H10N4O2. The molecule has 0 N–H and O–H groups in total. The molecule has 0 saturated heterocycles. The fourth-order valence-electron chi connectivity index (χ4n) is 1.16. The zero-order chi connectivity index (χ0) is 11.4. The minimum atomic E-state index is 0.301. The van der Waals surface area contributed by atoms with Crippen LogP contribution >= 0.6 is 0 Å². The first-order valence-corrected chi connectivity index (χ1v) is 4.58. The van der Waals surface area contributed by atoms with Gasteiger partial charge in [-0.1, -0.05) is 0 Å². The predicted molar refractivity (Wildman–Crippen MR) is 56.2 cm³/mol. The van der Waals surface area contributed by atoms with E-state index in [0.29, 0.717) is 23.4 Å². The minimum Gasteiger partial charge on any atom is -0.467 e. The molecule has 0 aliphatic rings. The van der Waals surface area contributed by atoms with Gasteiger partial charge in [0, 0.05) is 12.4 Å². The van der Waals surface area contributed by atoms with E-state index < -0.39 is 0 Å². The summed E-state index contributed by atoms with van der Waals surface area (Å²) in [6.07, 6.45) is 3.21. The molecule has 0 bridgehead atoms. The summed E-state index contributed by atoms with van der Waals surface area (Å²) < 4.78 is 9.87. The van der Waals surface area contributed by atoms with Gasteiger partial charge in [-0.3, -0.25) is 0 Å². The Morgan fingerprint density at radius 1 is 0.812 bits per heavy atom. The number of ether oxygens (including phenoxy) is 2. The van der Waals surface area contributed by atoms with E-state index in [4.69, 9.17) is 9.47 Å². The molecule has 6 heteroatoms. The van der Waals surface area contributed by atoms with Crippen molar-refractivity contribution in [3.05, 3.63) is 24.5 Å². The largest absolute Gasteiger partial charge is 0.467 e. The number of rotatable bonds is 3. The smallest absolute Gasteiger partial charge is 0.316 e. The lowest BCUT2D eigenvalue weighted by Crippen LogP contribution is -1.96. The maximum atomic E-state index is 4.94. The van der Waals surface area contributed by atoms with Crippen LogP contribution in [-0.2, 0) is 0 Å². The Bertz CT molecular complexity index is 444. The summed E-state index contributed by atoms with van der Waals surface area (Å²) in [6, 6.07) is 4.08. The predicted octanol–water partition coefficient (Wildman–Crippen LogP) is 0.951. The molecule has 0 radical (unpaired) electrons. The SMILES string of the molecule is COc1nccc(-c2ccnc(OC)n2)n1. The van der Waals surface area contributed by atoms with Gasteiger partial charge in [-0.2, -0.15) is 9.97 Å². The molecular weight excluding hydrogens is 208 g/mol. The van der Waals surface area contributed by atoms with Crippen LogP contribution in [0.2, 0.25) is 0 Å². The Morgan fingerprint density at radius 2 is 1.25 bits per heavy atom. The van der Waals surface area contributed by atoms with Gasteiger partial charge in [-0.25, -0.2) is 9.97 Å². The molecule has 0 aromatic carbocycles. The third kappa shape index (κ3) is 2.05. The second-order valence-corrected chi connectivity index (χ2v) is 2.86. The van der Waals surface area contributed by atoms with E-state index in [9.17, 15) is 0 Å². The molecule has 16 heavy (non-hydrogen) atoms. The highest BCUT2D eigenvalue weighted by Gasteiger charge is 2.05. The molecule has 2 heterocycles. The molecule has 0 unspecified atom stereocenters. The maximum Gasteiger partial charge on any atom is 0.316 e. The van der Waals surface area contributed by atoms with Gasteiger partial charge in [0.05, 0.1) is 25.6 Å². The van der Waals surface area contributed by atoms with Crippen LogP contribution < -0.4 is 9.47 Å². The highest BCUT2D eigenvalue weighted by molar-refractivity contribution is 5.53. The van der Waals surface area contributed by atoms with E-state index in [2.05, 4.69) is 19.9 Å². The molecule has 0 amide bonds. The monoisotopic (exact) mass is 218 g/mol. The topological polar surface area (TPSA) is 70.0 Å². The highest BCUT2D eigenvalue weighted by atomic mass is 16.5. The summed E-state index contributed by atoms with van der Waals surface area (Å²) in [5, 5.41) is 0. The third-order valence-electron chi connectivity index (χ3n) is 1.89. The van der Waals surface area contributed by atoms with Crippen LogP contribution in [0.4, 0.5) is 0 Å². The Labute approximate surface area is 92.3 Å². The summed E-state index contributed by atoms with van der Waals surface area (Å²) in [7, 11) is 3.03. The Morgan fingerprint density at radius 3 is 1.62 bits per heavy atom. The van der Waals surface area contributed by atoms with E-state index in [-0.39, 0.29) is 0 Å². The lowest BCUT2D eigenvalue weighted by molar-refractivity contribution is 0.378. The first-order valence-electron chi connectivity index (χ1n) is 4.58. The molecule has 0 spiro atoms. The van der Waals surface area contributed by atoms with E-state index in [1.54, 1.807) is 24.5 Å². The fraction of sp³-hybridized carbons (Fsp3) is 0.200. The standard InChI is InChI=1S/C10H10N4O2/c1-15-9-11-5-3-7(13-9)8-4-6-12-10(14-8)16-2/h3-6H,1-2H3. The quantitative estimate of drug-likeness (QED) is 0.763. The highest BCUT2D eigenvalue weighted by Crippen LogP contribution is 2.16. The second kappa shape index (κ2) is 4.52. The lowest BCUT2D eigenvalue weighted by atomic mass is 10.3. The van der Waals surface area contributed by atoms with Crippen molar-refractivity contribution in [3.8, 4) is 23.4 Å². The number of hydrogen-bond acceptors (Lipinski definition) is 6. The van der Waals surface area contributed by atoms with Crippen LogP contribution in [-0.4, -0.2) is 34.2 Å². The number of hydrogen-bond donors (Lipinski definition) is 0. The van der Waals surface area contributed by atoms with Crippen LogP contribution in [0.3, 0.4) is 0 Å². The lowest BCUT2D eigenvalue weighted by Gasteiger charge is -2.02. The fourth-order valence-corrected chi connectivity index (χ4v) is 1.16. The van der Waals surface area contributed by atoms with E-state index in [1.165, 1.54) is 14.2 Å². The van der Waals surface area contributed by atoms with Crippen LogP contribution in [0.1, 0.15) is 0 Å². The van der Waals surface area contributed by atoms with Crippen molar-refractivity contribution >= 4 is 0 Å². The molecule has 0 aliphatic carbocycles. The van der Waals surface area contributed by atoms with Crippen LogP contribution in [0.15, 0.2) is 24.5 Å². The normalized spacial score (nSPS) is 9.88. The summed E-state index contributed by atoms with van der Waals surface area (Å²) in [5.41, 5.74) is 1.32. The van der Waals surface area contributed by atoms with Crippen molar-refractivity contribution in [2.75, 3.05) is 14.2 Å². The van der Waals surface area contributed by atoms with Crippen molar-refractivity contribution in [2.45, 2.75) is 0 Å². The molecule has 6 nitrogen and oxygen atoms in total. The van der Waals surface area contributed by atoms with Gasteiger partial charge in [0.1, 0.15) is 0 Å². The van der Waals surface area contributed by atoms with Crippen LogP contribution in [0.25, 0.3) is 11.4 Å². The van der Waals surface area contributed by atoms with Crippen molar-refractivity contribution in [3.63, 3.8) is 0 Å². The molecule has 0 aliphatic heterocycles. The Kier molecular flexibility index (Phi) is 2.90. The molecule has 0 saturated carbocycles. The number of aromatic nitrogens is 4. The molecule has 2 aromatic heterocycles. The minimum absolute atomic E-state index is 0.301. The van der Waals surface area contributed by atoms with Crippen molar-refractivity contribution < 1.29 is 9.47 Å². The van der Waals surface area contributed by atoms with Gasteiger partial charge in [-0.05, 0) is 12.1 Å². The number of nitrogens with zero attached hydrogens (tertiary/aromatic N) is 4. The molecule has 0 atom stereocenters. The number of methoxy groups -OCH3 is 2. The molecule has 2 rings (SSSR count).